The van der Waals surface area contributed by atoms with Gasteiger partial charge in [0.2, 0.25) is 0 Å². The van der Waals surface area contributed by atoms with Gasteiger partial charge in [0.15, 0.2) is 0 Å². The van der Waals surface area contributed by atoms with Gasteiger partial charge in [0.05, 0.1) is 0 Å². The molecule has 0 bridgehead atoms. The Hall–Kier alpha value is -1.63. The zero-order valence-electron chi connectivity index (χ0n) is 10.3. The van der Waals surface area contributed by atoms with E-state index in [2.05, 4.69) is 31.4 Å². The average Bonchev–Trinajstić information content (AvgIpc) is 2.62. The van der Waals surface area contributed by atoms with Gasteiger partial charge >= 0.3 is 6.09 Å². The van der Waals surface area contributed by atoms with Gasteiger partial charge in [-0.1, -0.05) is 6.07 Å². The molecule has 0 atom stereocenters. The first-order chi connectivity index (χ1) is 9.15. The minimum absolute atomic E-state index is 0.502. The lowest BCUT2D eigenvalue weighted by atomic mass is 10.2. The molecule has 1 fully saturated rings. The summed E-state index contributed by atoms with van der Waals surface area (Å²) in [6, 6.07) is 5.54. The highest BCUT2D eigenvalue weighted by molar-refractivity contribution is 9.10. The Morgan fingerprint density at radius 1 is 1.42 bits per heavy atom. The molecule has 1 saturated heterocycles. The third kappa shape index (κ3) is 4.20. The van der Waals surface area contributed by atoms with Gasteiger partial charge in [-0.3, -0.25) is 5.43 Å². The molecular weight excluding hydrogens is 312 g/mol. The van der Waals surface area contributed by atoms with Crippen LogP contribution in [0.15, 0.2) is 27.9 Å². The predicted molar refractivity (Wildman–Crippen MR) is 76.4 cm³/mol. The van der Waals surface area contributed by atoms with Crippen molar-refractivity contribution in [2.45, 2.75) is 19.3 Å². The van der Waals surface area contributed by atoms with E-state index in [0.717, 1.165) is 23.2 Å². The number of carboxylic acid groups (broad SMARTS) is 1. The highest BCUT2D eigenvalue weighted by Crippen LogP contribution is 2.12. The summed E-state index contributed by atoms with van der Waals surface area (Å²) in [5.41, 5.74) is 3.89. The number of anilines is 1. The molecule has 19 heavy (non-hydrogen) atoms. The SMILES string of the molecule is O=C(O)N1CCC/C(=N/Nc2cccc(Br)n2)CC1. The number of nitrogens with one attached hydrogen (secondary N) is 1. The van der Waals surface area contributed by atoms with E-state index in [9.17, 15) is 4.79 Å². The molecule has 0 spiro atoms. The van der Waals surface area contributed by atoms with Crippen LogP contribution < -0.4 is 5.43 Å². The van der Waals surface area contributed by atoms with Crippen molar-refractivity contribution in [1.82, 2.24) is 9.88 Å². The largest absolute Gasteiger partial charge is 0.465 e. The van der Waals surface area contributed by atoms with Crippen LogP contribution in [0.4, 0.5) is 10.6 Å². The molecule has 2 rings (SSSR count). The number of aromatic nitrogens is 1. The smallest absolute Gasteiger partial charge is 0.407 e. The van der Waals surface area contributed by atoms with Gasteiger partial charge in [-0.05, 0) is 40.9 Å². The molecule has 2 heterocycles. The zero-order chi connectivity index (χ0) is 13.7. The van der Waals surface area contributed by atoms with Crippen molar-refractivity contribution in [3.05, 3.63) is 22.8 Å². The predicted octanol–water partition coefficient (Wildman–Crippen LogP) is 2.78. The van der Waals surface area contributed by atoms with Crippen LogP contribution >= 0.6 is 15.9 Å². The van der Waals surface area contributed by atoms with Crippen LogP contribution in [0.3, 0.4) is 0 Å². The Morgan fingerprint density at radius 2 is 2.26 bits per heavy atom. The van der Waals surface area contributed by atoms with E-state index >= 15 is 0 Å². The van der Waals surface area contributed by atoms with Gasteiger partial charge in [0.25, 0.3) is 0 Å². The second kappa shape index (κ2) is 6.51. The minimum Gasteiger partial charge on any atom is -0.465 e. The average molecular weight is 327 g/mol. The van der Waals surface area contributed by atoms with Crippen molar-refractivity contribution in [2.75, 3.05) is 18.5 Å². The number of hydrogen-bond acceptors (Lipinski definition) is 4. The van der Waals surface area contributed by atoms with Crippen molar-refractivity contribution < 1.29 is 9.90 Å². The summed E-state index contributed by atoms with van der Waals surface area (Å²) in [6.45, 7) is 1.07. The maximum Gasteiger partial charge on any atom is 0.407 e. The maximum absolute atomic E-state index is 10.9. The first-order valence-corrected chi connectivity index (χ1v) is 6.86. The maximum atomic E-state index is 10.9. The number of halogens is 1. The van der Waals surface area contributed by atoms with Crippen LogP contribution in [0, 0.1) is 0 Å². The van der Waals surface area contributed by atoms with Gasteiger partial charge in [-0.25, -0.2) is 9.78 Å². The lowest BCUT2D eigenvalue weighted by molar-refractivity contribution is 0.147. The van der Waals surface area contributed by atoms with E-state index in [1.807, 2.05) is 18.2 Å². The van der Waals surface area contributed by atoms with E-state index < -0.39 is 6.09 Å². The molecule has 1 amide bonds. The van der Waals surface area contributed by atoms with Crippen molar-refractivity contribution in [2.24, 2.45) is 5.10 Å². The molecular formula is C12H15BrN4O2. The number of rotatable bonds is 2. The number of hydrogen-bond donors (Lipinski definition) is 2. The van der Waals surface area contributed by atoms with Crippen LogP contribution in [0.5, 0.6) is 0 Å². The molecule has 7 heteroatoms. The van der Waals surface area contributed by atoms with E-state index in [1.165, 1.54) is 4.90 Å². The number of carbonyl (C=O) groups is 1. The number of hydrazone groups is 1. The topological polar surface area (TPSA) is 77.8 Å². The third-order valence-electron chi connectivity index (χ3n) is 2.88. The van der Waals surface area contributed by atoms with E-state index in [0.29, 0.717) is 25.3 Å². The Kier molecular flexibility index (Phi) is 4.73. The third-order valence-corrected chi connectivity index (χ3v) is 3.32. The van der Waals surface area contributed by atoms with Gasteiger partial charge in [-0.15, -0.1) is 0 Å². The molecule has 1 aromatic heterocycles. The zero-order valence-corrected chi connectivity index (χ0v) is 11.9. The molecule has 1 aromatic rings. The van der Waals surface area contributed by atoms with Crippen LogP contribution in [0.2, 0.25) is 0 Å². The second-order valence-corrected chi connectivity index (χ2v) is 5.07. The Labute approximate surface area is 119 Å². The lowest BCUT2D eigenvalue weighted by Crippen LogP contribution is -2.30. The van der Waals surface area contributed by atoms with Gasteiger partial charge in [0.1, 0.15) is 10.4 Å². The molecule has 1 aliphatic rings. The summed E-state index contributed by atoms with van der Waals surface area (Å²) in [7, 11) is 0. The van der Waals surface area contributed by atoms with Gasteiger partial charge in [0, 0.05) is 25.2 Å². The summed E-state index contributed by atoms with van der Waals surface area (Å²) in [5, 5.41) is 13.3. The van der Waals surface area contributed by atoms with Crippen molar-refractivity contribution >= 4 is 33.6 Å². The summed E-state index contributed by atoms with van der Waals surface area (Å²) < 4.78 is 0.746. The molecule has 0 radical (unpaired) electrons. The van der Waals surface area contributed by atoms with Crippen LogP contribution in [-0.2, 0) is 0 Å². The van der Waals surface area contributed by atoms with Gasteiger partial charge in [-0.2, -0.15) is 5.10 Å². The van der Waals surface area contributed by atoms with E-state index in [4.69, 9.17) is 5.11 Å². The summed E-state index contributed by atoms with van der Waals surface area (Å²) in [4.78, 5) is 16.5. The number of likely N-dealkylation sites (tertiary alicyclic amines) is 1. The lowest BCUT2D eigenvalue weighted by Gasteiger charge is -2.14. The fraction of sp³-hybridized carbons (Fsp3) is 0.417. The minimum atomic E-state index is -0.858. The molecule has 0 unspecified atom stereocenters. The molecule has 0 aromatic carbocycles. The van der Waals surface area contributed by atoms with Gasteiger partial charge < -0.3 is 10.0 Å². The number of nitrogens with zero attached hydrogens (tertiary/aromatic N) is 3. The highest BCUT2D eigenvalue weighted by Gasteiger charge is 2.16. The van der Waals surface area contributed by atoms with Crippen molar-refractivity contribution in [1.29, 1.82) is 0 Å². The quantitative estimate of drug-likeness (QED) is 0.647. The van der Waals surface area contributed by atoms with Crippen molar-refractivity contribution in [3.63, 3.8) is 0 Å². The molecule has 102 valence electrons. The number of amides is 1. The van der Waals surface area contributed by atoms with Crippen molar-refractivity contribution in [3.8, 4) is 0 Å². The number of pyridine rings is 1. The summed E-state index contributed by atoms with van der Waals surface area (Å²) in [6.07, 6.45) is 1.42. The Morgan fingerprint density at radius 3 is 3.00 bits per heavy atom. The van der Waals surface area contributed by atoms with E-state index in [-0.39, 0.29) is 0 Å². The van der Waals surface area contributed by atoms with Crippen LogP contribution in [-0.4, -0.2) is 39.9 Å². The van der Waals surface area contributed by atoms with E-state index in [1.54, 1.807) is 0 Å². The second-order valence-electron chi connectivity index (χ2n) is 4.26. The van der Waals surface area contributed by atoms with Crippen LogP contribution in [0.1, 0.15) is 19.3 Å². The van der Waals surface area contributed by atoms with Crippen LogP contribution in [0.25, 0.3) is 0 Å². The summed E-state index contributed by atoms with van der Waals surface area (Å²) in [5.74, 6) is 0.668. The fourth-order valence-corrected chi connectivity index (χ4v) is 2.23. The Bertz CT molecular complexity index is 492. The summed E-state index contributed by atoms with van der Waals surface area (Å²) >= 11 is 3.29. The first-order valence-electron chi connectivity index (χ1n) is 6.07. The first kappa shape index (κ1) is 13.8. The molecule has 2 N–H and O–H groups in total. The normalized spacial score (nSPS) is 18.2. The molecule has 1 aliphatic heterocycles. The fourth-order valence-electron chi connectivity index (χ4n) is 1.88. The molecule has 0 saturated carbocycles. The Balaban J connectivity index is 1.94. The molecule has 6 nitrogen and oxygen atoms in total. The highest BCUT2D eigenvalue weighted by atomic mass is 79.9. The molecule has 0 aliphatic carbocycles. The standard InChI is InChI=1S/C12H15BrN4O2/c13-10-4-1-5-11(14-10)16-15-9-3-2-7-17(8-6-9)12(18)19/h1,4-5H,2-3,6-8H2,(H,14,16)(H,18,19)/b15-9-. The monoisotopic (exact) mass is 326 g/mol.